The molecule has 0 heterocycles. The predicted molar refractivity (Wildman–Crippen MR) is 85.8 cm³/mol. The number of nitrogens with one attached hydrogen (secondary N) is 1. The van der Waals surface area contributed by atoms with Crippen LogP contribution in [-0.4, -0.2) is 21.0 Å². The fraction of sp³-hybridized carbons (Fsp3) is 0.571. The van der Waals surface area contributed by atoms with Gasteiger partial charge < -0.3 is 5.73 Å². The zero-order valence-electron chi connectivity index (χ0n) is 12.1. The highest BCUT2D eigenvalue weighted by Crippen LogP contribution is 2.12. The molecule has 0 radical (unpaired) electrons. The molecular formula is C14H25ClN2O2S. The highest BCUT2D eigenvalue weighted by Gasteiger charge is 2.18. The molecule has 0 saturated carbocycles. The number of sulfonamides is 1. The van der Waals surface area contributed by atoms with Gasteiger partial charge in [0, 0.05) is 12.6 Å². The quantitative estimate of drug-likeness (QED) is 0.773. The van der Waals surface area contributed by atoms with Crippen LogP contribution in [0.5, 0.6) is 0 Å². The number of halogens is 1. The molecule has 0 spiro atoms. The Hall–Kier alpha value is -0.620. The van der Waals surface area contributed by atoms with Crippen molar-refractivity contribution in [3.63, 3.8) is 0 Å². The van der Waals surface area contributed by atoms with Crippen LogP contribution in [0.2, 0.25) is 0 Å². The Morgan fingerprint density at radius 1 is 1.20 bits per heavy atom. The molecule has 0 aromatic heterocycles. The van der Waals surface area contributed by atoms with E-state index in [1.165, 1.54) is 0 Å². The van der Waals surface area contributed by atoms with Crippen molar-refractivity contribution in [1.29, 1.82) is 0 Å². The first-order chi connectivity index (χ1) is 9.03. The number of nitrogens with two attached hydrogens (primary N) is 1. The molecule has 0 bridgehead atoms. The zero-order chi connectivity index (χ0) is 14.3. The first-order valence-corrected chi connectivity index (χ1v) is 8.33. The SMILES string of the molecule is CCCCC(CN)NS(=O)(=O)c1ccc(CC)cc1.Cl. The van der Waals surface area contributed by atoms with E-state index in [-0.39, 0.29) is 18.4 Å². The van der Waals surface area contributed by atoms with Gasteiger partial charge in [0.15, 0.2) is 0 Å². The van der Waals surface area contributed by atoms with Crippen molar-refractivity contribution in [3.05, 3.63) is 29.8 Å². The molecule has 0 aliphatic carbocycles. The van der Waals surface area contributed by atoms with Gasteiger partial charge >= 0.3 is 0 Å². The molecule has 1 aromatic rings. The van der Waals surface area contributed by atoms with Crippen LogP contribution in [0.25, 0.3) is 0 Å². The van der Waals surface area contributed by atoms with Gasteiger partial charge in [-0.2, -0.15) is 0 Å². The van der Waals surface area contributed by atoms with Gasteiger partial charge in [-0.15, -0.1) is 12.4 Å². The highest BCUT2D eigenvalue weighted by atomic mass is 35.5. The summed E-state index contributed by atoms with van der Waals surface area (Å²) >= 11 is 0. The maximum Gasteiger partial charge on any atom is 0.240 e. The van der Waals surface area contributed by atoms with Gasteiger partial charge in [0.1, 0.15) is 0 Å². The molecule has 1 atom stereocenters. The van der Waals surface area contributed by atoms with E-state index in [1.807, 2.05) is 19.1 Å². The fourth-order valence-electron chi connectivity index (χ4n) is 1.87. The van der Waals surface area contributed by atoms with Crippen molar-refractivity contribution in [2.24, 2.45) is 5.73 Å². The monoisotopic (exact) mass is 320 g/mol. The maximum atomic E-state index is 12.2. The van der Waals surface area contributed by atoms with E-state index < -0.39 is 10.0 Å². The van der Waals surface area contributed by atoms with Crippen LogP contribution in [-0.2, 0) is 16.4 Å². The number of aryl methyl sites for hydroxylation is 1. The van der Waals surface area contributed by atoms with Crippen LogP contribution >= 0.6 is 12.4 Å². The van der Waals surface area contributed by atoms with Gasteiger partial charge in [-0.3, -0.25) is 0 Å². The van der Waals surface area contributed by atoms with Gasteiger partial charge in [0.05, 0.1) is 4.90 Å². The molecule has 4 nitrogen and oxygen atoms in total. The Morgan fingerprint density at radius 2 is 1.80 bits per heavy atom. The third kappa shape index (κ3) is 5.79. The smallest absolute Gasteiger partial charge is 0.240 e. The van der Waals surface area contributed by atoms with Crippen molar-refractivity contribution in [2.45, 2.75) is 50.5 Å². The largest absolute Gasteiger partial charge is 0.329 e. The molecule has 0 aliphatic rings. The predicted octanol–water partition coefficient (Wildman–Crippen LogP) is 2.47. The van der Waals surface area contributed by atoms with Gasteiger partial charge in [-0.25, -0.2) is 13.1 Å². The van der Waals surface area contributed by atoms with Crippen molar-refractivity contribution in [2.75, 3.05) is 6.54 Å². The summed E-state index contributed by atoms with van der Waals surface area (Å²) in [5.74, 6) is 0. The van der Waals surface area contributed by atoms with Crippen molar-refractivity contribution in [3.8, 4) is 0 Å². The molecule has 1 unspecified atom stereocenters. The number of unbranched alkanes of at least 4 members (excludes halogenated alkanes) is 1. The Balaban J connectivity index is 0.00000361. The minimum atomic E-state index is -3.46. The van der Waals surface area contributed by atoms with Crippen molar-refractivity contribution < 1.29 is 8.42 Å². The Morgan fingerprint density at radius 3 is 2.25 bits per heavy atom. The van der Waals surface area contributed by atoms with Gasteiger partial charge in [0.2, 0.25) is 10.0 Å². The molecule has 1 aromatic carbocycles. The van der Waals surface area contributed by atoms with Crippen molar-refractivity contribution >= 4 is 22.4 Å². The van der Waals surface area contributed by atoms with E-state index >= 15 is 0 Å². The van der Waals surface area contributed by atoms with Crippen LogP contribution in [0, 0.1) is 0 Å². The second-order valence-electron chi connectivity index (χ2n) is 4.69. The average molecular weight is 321 g/mol. The molecular weight excluding hydrogens is 296 g/mol. The third-order valence-electron chi connectivity index (χ3n) is 3.15. The second-order valence-corrected chi connectivity index (χ2v) is 6.41. The summed E-state index contributed by atoms with van der Waals surface area (Å²) in [6.07, 6.45) is 3.68. The van der Waals surface area contributed by atoms with Crippen molar-refractivity contribution in [1.82, 2.24) is 4.72 Å². The molecule has 0 saturated heterocycles. The van der Waals surface area contributed by atoms with Crippen LogP contribution in [0.15, 0.2) is 29.2 Å². The first kappa shape index (κ1) is 19.4. The number of hydrogen-bond donors (Lipinski definition) is 2. The molecule has 1 rings (SSSR count). The highest BCUT2D eigenvalue weighted by molar-refractivity contribution is 7.89. The standard InChI is InChI=1S/C14H24N2O2S.ClH/c1-3-5-6-13(11-15)16-19(17,18)14-9-7-12(4-2)8-10-14;/h7-10,13,16H,3-6,11,15H2,1-2H3;1H. The lowest BCUT2D eigenvalue weighted by Crippen LogP contribution is -2.40. The molecule has 0 aliphatic heterocycles. The minimum absolute atomic E-state index is 0. The summed E-state index contributed by atoms with van der Waals surface area (Å²) in [7, 11) is -3.46. The Bertz CT molecular complexity index is 474. The summed E-state index contributed by atoms with van der Waals surface area (Å²) in [5, 5.41) is 0. The van der Waals surface area contributed by atoms with E-state index in [4.69, 9.17) is 5.73 Å². The third-order valence-corrected chi connectivity index (χ3v) is 4.69. The zero-order valence-corrected chi connectivity index (χ0v) is 13.8. The number of rotatable bonds is 8. The Kier molecular flexibility index (Phi) is 9.05. The summed E-state index contributed by atoms with van der Waals surface area (Å²) in [4.78, 5) is 0.305. The average Bonchev–Trinajstić information content (AvgIpc) is 2.43. The second kappa shape index (κ2) is 9.34. The van der Waals surface area contributed by atoms with Gasteiger partial charge in [-0.1, -0.05) is 38.8 Å². The van der Waals surface area contributed by atoms with Crippen LogP contribution < -0.4 is 10.5 Å². The van der Waals surface area contributed by atoms with Crippen LogP contribution in [0.3, 0.4) is 0 Å². The summed E-state index contributed by atoms with van der Waals surface area (Å²) in [6, 6.07) is 6.80. The van der Waals surface area contributed by atoms with Gasteiger partial charge in [0.25, 0.3) is 0 Å². The lowest BCUT2D eigenvalue weighted by atomic mass is 10.1. The molecule has 20 heavy (non-hydrogen) atoms. The summed E-state index contributed by atoms with van der Waals surface area (Å²) < 4.78 is 27.1. The normalized spacial score (nSPS) is 12.8. The first-order valence-electron chi connectivity index (χ1n) is 6.84. The van der Waals surface area contributed by atoms with Gasteiger partial charge in [-0.05, 0) is 30.5 Å². The molecule has 6 heteroatoms. The number of benzene rings is 1. The van der Waals surface area contributed by atoms with E-state index in [0.717, 1.165) is 31.2 Å². The fourth-order valence-corrected chi connectivity index (χ4v) is 3.15. The maximum absolute atomic E-state index is 12.2. The topological polar surface area (TPSA) is 72.2 Å². The van der Waals surface area contributed by atoms with Crippen LogP contribution in [0.4, 0.5) is 0 Å². The molecule has 0 fully saturated rings. The lowest BCUT2D eigenvalue weighted by Gasteiger charge is -2.16. The summed E-state index contributed by atoms with van der Waals surface area (Å²) in [5.41, 5.74) is 6.74. The lowest BCUT2D eigenvalue weighted by molar-refractivity contribution is 0.516. The Labute approximate surface area is 128 Å². The molecule has 3 N–H and O–H groups in total. The van der Waals surface area contributed by atoms with Crippen LogP contribution in [0.1, 0.15) is 38.7 Å². The molecule has 116 valence electrons. The number of hydrogen-bond acceptors (Lipinski definition) is 3. The van der Waals surface area contributed by atoms with E-state index in [0.29, 0.717) is 11.4 Å². The van der Waals surface area contributed by atoms with E-state index in [2.05, 4.69) is 11.6 Å². The summed E-state index contributed by atoms with van der Waals surface area (Å²) in [6.45, 7) is 4.44. The van der Waals surface area contributed by atoms with E-state index in [9.17, 15) is 8.42 Å². The van der Waals surface area contributed by atoms with E-state index in [1.54, 1.807) is 12.1 Å². The minimum Gasteiger partial charge on any atom is -0.329 e. The molecule has 0 amide bonds.